The lowest BCUT2D eigenvalue weighted by molar-refractivity contribution is 0.0906. The Morgan fingerprint density at radius 1 is 1.43 bits per heavy atom. The molecule has 2 heteroatoms. The number of hydrogen-bond acceptors (Lipinski definition) is 2. The Morgan fingerprint density at radius 3 is 2.43 bits per heavy atom. The van der Waals surface area contributed by atoms with Crippen LogP contribution in [0.25, 0.3) is 0 Å². The molecule has 1 rings (SSSR count). The zero-order valence-corrected chi connectivity index (χ0v) is 10.1. The normalized spacial score (nSPS) is 22.1. The van der Waals surface area contributed by atoms with Crippen molar-refractivity contribution >= 4 is 0 Å². The second-order valence-corrected chi connectivity index (χ2v) is 5.13. The van der Waals surface area contributed by atoms with Crippen LogP contribution in [0.2, 0.25) is 0 Å². The first kappa shape index (κ1) is 12.0. The van der Waals surface area contributed by atoms with Crippen LogP contribution in [0.15, 0.2) is 0 Å². The molecule has 1 aliphatic rings. The maximum atomic E-state index is 5.89. The minimum atomic E-state index is 0.227. The number of hydrogen-bond donors (Lipinski definition) is 1. The molecule has 0 aromatic carbocycles. The summed E-state index contributed by atoms with van der Waals surface area (Å²) >= 11 is 0. The van der Waals surface area contributed by atoms with Crippen LogP contribution >= 0.6 is 0 Å². The van der Waals surface area contributed by atoms with Gasteiger partial charge in [0.05, 0.1) is 0 Å². The molecule has 1 fully saturated rings. The molecule has 0 saturated heterocycles. The van der Waals surface area contributed by atoms with E-state index in [-0.39, 0.29) is 5.54 Å². The van der Waals surface area contributed by atoms with E-state index in [1.807, 2.05) is 0 Å². The van der Waals surface area contributed by atoms with Crippen LogP contribution < -0.4 is 5.73 Å². The van der Waals surface area contributed by atoms with Crippen molar-refractivity contribution in [2.45, 2.75) is 51.5 Å². The third kappa shape index (κ3) is 2.71. The molecule has 0 bridgehead atoms. The SMILES string of the molecule is CCCC(C)(CN)N(C)CC1CCC1. The first-order valence-electron chi connectivity index (χ1n) is 6.03. The molecule has 2 N–H and O–H groups in total. The first-order valence-corrected chi connectivity index (χ1v) is 6.03. The fraction of sp³-hybridized carbons (Fsp3) is 1.00. The lowest BCUT2D eigenvalue weighted by atomic mass is 9.83. The van der Waals surface area contributed by atoms with Crippen LogP contribution in [-0.4, -0.2) is 30.6 Å². The monoisotopic (exact) mass is 198 g/mol. The number of likely N-dealkylation sites (N-methyl/N-ethyl adjacent to an activating group) is 1. The highest BCUT2D eigenvalue weighted by molar-refractivity contribution is 4.87. The number of nitrogens with two attached hydrogens (primary N) is 1. The standard InChI is InChI=1S/C12H26N2/c1-4-8-12(2,10-13)14(3)9-11-6-5-7-11/h11H,4-10,13H2,1-3H3. The summed E-state index contributed by atoms with van der Waals surface area (Å²) in [4.78, 5) is 2.49. The van der Waals surface area contributed by atoms with Gasteiger partial charge < -0.3 is 5.73 Å². The van der Waals surface area contributed by atoms with E-state index in [0.29, 0.717) is 0 Å². The van der Waals surface area contributed by atoms with Crippen molar-refractivity contribution in [2.75, 3.05) is 20.1 Å². The van der Waals surface area contributed by atoms with E-state index in [1.54, 1.807) is 0 Å². The third-order valence-electron chi connectivity index (χ3n) is 3.91. The van der Waals surface area contributed by atoms with Gasteiger partial charge in [-0.3, -0.25) is 4.90 Å². The predicted molar refractivity (Wildman–Crippen MR) is 62.3 cm³/mol. The Balaban J connectivity index is 2.40. The summed E-state index contributed by atoms with van der Waals surface area (Å²) in [5, 5.41) is 0. The fourth-order valence-corrected chi connectivity index (χ4v) is 2.27. The van der Waals surface area contributed by atoms with E-state index in [4.69, 9.17) is 5.73 Å². The van der Waals surface area contributed by atoms with Gasteiger partial charge in [-0.05, 0) is 39.2 Å². The fourth-order valence-electron chi connectivity index (χ4n) is 2.27. The second-order valence-electron chi connectivity index (χ2n) is 5.13. The quantitative estimate of drug-likeness (QED) is 0.709. The van der Waals surface area contributed by atoms with Crippen LogP contribution in [-0.2, 0) is 0 Å². The molecule has 0 amide bonds. The predicted octanol–water partition coefficient (Wildman–Crippen LogP) is 2.24. The summed E-state index contributed by atoms with van der Waals surface area (Å²) in [5.41, 5.74) is 6.11. The Kier molecular flexibility index (Phi) is 4.39. The molecular formula is C12H26N2. The summed E-state index contributed by atoms with van der Waals surface area (Å²) in [5.74, 6) is 0.947. The molecular weight excluding hydrogens is 172 g/mol. The molecule has 0 aromatic rings. The van der Waals surface area contributed by atoms with E-state index in [9.17, 15) is 0 Å². The van der Waals surface area contributed by atoms with Gasteiger partial charge in [0.2, 0.25) is 0 Å². The summed E-state index contributed by atoms with van der Waals surface area (Å²) in [6, 6.07) is 0. The summed E-state index contributed by atoms with van der Waals surface area (Å²) in [6.07, 6.45) is 6.73. The summed E-state index contributed by atoms with van der Waals surface area (Å²) in [6.45, 7) is 6.57. The van der Waals surface area contributed by atoms with Gasteiger partial charge in [0.1, 0.15) is 0 Å². The van der Waals surface area contributed by atoms with Crippen molar-refractivity contribution in [2.24, 2.45) is 11.7 Å². The van der Waals surface area contributed by atoms with Gasteiger partial charge in [0.15, 0.2) is 0 Å². The van der Waals surface area contributed by atoms with E-state index >= 15 is 0 Å². The maximum absolute atomic E-state index is 5.89. The molecule has 1 saturated carbocycles. The van der Waals surface area contributed by atoms with Gasteiger partial charge >= 0.3 is 0 Å². The van der Waals surface area contributed by atoms with E-state index in [1.165, 1.54) is 38.6 Å². The zero-order valence-electron chi connectivity index (χ0n) is 10.1. The molecule has 0 spiro atoms. The molecule has 1 aliphatic carbocycles. The molecule has 0 radical (unpaired) electrons. The van der Waals surface area contributed by atoms with Crippen LogP contribution in [0.1, 0.15) is 46.0 Å². The smallest absolute Gasteiger partial charge is 0.0300 e. The Morgan fingerprint density at radius 2 is 2.07 bits per heavy atom. The average Bonchev–Trinajstić information content (AvgIpc) is 2.11. The van der Waals surface area contributed by atoms with Crippen LogP contribution in [0.5, 0.6) is 0 Å². The van der Waals surface area contributed by atoms with Gasteiger partial charge in [-0.2, -0.15) is 0 Å². The second kappa shape index (κ2) is 5.13. The highest BCUT2D eigenvalue weighted by atomic mass is 15.2. The van der Waals surface area contributed by atoms with Gasteiger partial charge in [-0.25, -0.2) is 0 Å². The third-order valence-corrected chi connectivity index (χ3v) is 3.91. The highest BCUT2D eigenvalue weighted by Crippen LogP contribution is 2.29. The van der Waals surface area contributed by atoms with Crippen molar-refractivity contribution in [1.82, 2.24) is 4.90 Å². The Bertz CT molecular complexity index is 166. The molecule has 84 valence electrons. The molecule has 0 aliphatic heterocycles. The number of rotatable bonds is 6. The van der Waals surface area contributed by atoms with Crippen molar-refractivity contribution in [3.05, 3.63) is 0 Å². The lowest BCUT2D eigenvalue weighted by Crippen LogP contribution is -2.51. The first-order chi connectivity index (χ1) is 6.62. The maximum Gasteiger partial charge on any atom is 0.0300 e. The highest BCUT2D eigenvalue weighted by Gasteiger charge is 2.29. The summed E-state index contributed by atoms with van der Waals surface area (Å²) < 4.78 is 0. The molecule has 1 atom stereocenters. The largest absolute Gasteiger partial charge is 0.329 e. The van der Waals surface area contributed by atoms with Crippen LogP contribution in [0.3, 0.4) is 0 Å². The minimum absolute atomic E-state index is 0.227. The van der Waals surface area contributed by atoms with Gasteiger partial charge in [-0.15, -0.1) is 0 Å². The topological polar surface area (TPSA) is 29.3 Å². The van der Waals surface area contributed by atoms with Crippen LogP contribution in [0, 0.1) is 5.92 Å². The van der Waals surface area contributed by atoms with E-state index in [0.717, 1.165) is 12.5 Å². The van der Waals surface area contributed by atoms with Crippen molar-refractivity contribution in [3.63, 3.8) is 0 Å². The van der Waals surface area contributed by atoms with Crippen molar-refractivity contribution in [1.29, 1.82) is 0 Å². The van der Waals surface area contributed by atoms with Gasteiger partial charge in [0, 0.05) is 18.6 Å². The van der Waals surface area contributed by atoms with Crippen molar-refractivity contribution < 1.29 is 0 Å². The lowest BCUT2D eigenvalue weighted by Gasteiger charge is -2.41. The van der Waals surface area contributed by atoms with E-state index in [2.05, 4.69) is 25.8 Å². The van der Waals surface area contributed by atoms with Gasteiger partial charge in [-0.1, -0.05) is 19.8 Å². The van der Waals surface area contributed by atoms with Gasteiger partial charge in [0.25, 0.3) is 0 Å². The molecule has 1 unspecified atom stereocenters. The molecule has 0 aromatic heterocycles. The Labute approximate surface area is 88.8 Å². The molecule has 0 heterocycles. The molecule has 2 nitrogen and oxygen atoms in total. The average molecular weight is 198 g/mol. The zero-order chi connectivity index (χ0) is 10.6. The summed E-state index contributed by atoms with van der Waals surface area (Å²) in [7, 11) is 2.24. The number of nitrogens with zero attached hydrogens (tertiary/aromatic N) is 1. The van der Waals surface area contributed by atoms with Crippen LogP contribution in [0.4, 0.5) is 0 Å². The minimum Gasteiger partial charge on any atom is -0.329 e. The van der Waals surface area contributed by atoms with Crippen molar-refractivity contribution in [3.8, 4) is 0 Å². The van der Waals surface area contributed by atoms with E-state index < -0.39 is 0 Å². The molecule has 14 heavy (non-hydrogen) atoms. The Hall–Kier alpha value is -0.0800.